The van der Waals surface area contributed by atoms with Gasteiger partial charge in [0, 0.05) is 32.2 Å². The van der Waals surface area contributed by atoms with Crippen LogP contribution in [0.25, 0.3) is 0 Å². The number of rotatable bonds is 5. The Labute approximate surface area is 140 Å². The standard InChI is InChI=1S/C17H22N4O3/c1-12-8-16(20-24-12)19-17(23)18-9-15(22)11-21-7-6-13-4-2-3-5-14(13)10-21/h2-5,8,15,22H,6-7,9-11H2,1H3,(H2,18,19,20,23)/t15-/m0/s1. The van der Waals surface area contributed by atoms with E-state index in [0.29, 0.717) is 18.1 Å². The summed E-state index contributed by atoms with van der Waals surface area (Å²) in [5.41, 5.74) is 2.69. The second-order valence-electron chi connectivity index (χ2n) is 6.07. The molecule has 7 nitrogen and oxygen atoms in total. The van der Waals surface area contributed by atoms with Crippen molar-refractivity contribution in [2.75, 3.05) is 25.0 Å². The van der Waals surface area contributed by atoms with Gasteiger partial charge in [-0.2, -0.15) is 0 Å². The molecule has 3 N–H and O–H groups in total. The number of aromatic nitrogens is 1. The fraction of sp³-hybridized carbons (Fsp3) is 0.412. The first-order valence-corrected chi connectivity index (χ1v) is 8.05. The predicted molar refractivity (Wildman–Crippen MR) is 89.7 cm³/mol. The topological polar surface area (TPSA) is 90.6 Å². The van der Waals surface area contributed by atoms with Gasteiger partial charge in [-0.05, 0) is 24.5 Å². The van der Waals surface area contributed by atoms with E-state index in [9.17, 15) is 9.90 Å². The molecule has 1 aliphatic heterocycles. The van der Waals surface area contributed by atoms with Crippen molar-refractivity contribution in [1.82, 2.24) is 15.4 Å². The number of nitrogens with zero attached hydrogens (tertiary/aromatic N) is 2. The van der Waals surface area contributed by atoms with Gasteiger partial charge in [0.05, 0.1) is 6.10 Å². The second-order valence-corrected chi connectivity index (χ2v) is 6.07. The molecule has 1 aromatic carbocycles. The number of urea groups is 1. The summed E-state index contributed by atoms with van der Waals surface area (Å²) in [5, 5.41) is 19.0. The van der Waals surface area contributed by atoms with Crippen molar-refractivity contribution in [2.24, 2.45) is 0 Å². The third-order valence-electron chi connectivity index (χ3n) is 4.05. The van der Waals surface area contributed by atoms with Crippen molar-refractivity contribution < 1.29 is 14.4 Å². The molecule has 0 spiro atoms. The minimum Gasteiger partial charge on any atom is -0.390 e. The van der Waals surface area contributed by atoms with Crippen LogP contribution in [0.5, 0.6) is 0 Å². The van der Waals surface area contributed by atoms with E-state index in [1.54, 1.807) is 13.0 Å². The maximum atomic E-state index is 11.8. The van der Waals surface area contributed by atoms with Crippen molar-refractivity contribution in [2.45, 2.75) is 26.0 Å². The molecule has 2 heterocycles. The van der Waals surface area contributed by atoms with Crippen LogP contribution in [0, 0.1) is 6.92 Å². The first kappa shape index (κ1) is 16.5. The number of carbonyl (C=O) groups is 1. The first-order valence-electron chi connectivity index (χ1n) is 8.05. The number of hydrogen-bond donors (Lipinski definition) is 3. The van der Waals surface area contributed by atoms with E-state index in [4.69, 9.17) is 4.52 Å². The fourth-order valence-corrected chi connectivity index (χ4v) is 2.87. The van der Waals surface area contributed by atoms with E-state index < -0.39 is 12.1 Å². The van der Waals surface area contributed by atoms with Crippen molar-refractivity contribution in [3.8, 4) is 0 Å². The summed E-state index contributed by atoms with van der Waals surface area (Å²) in [6.07, 6.45) is 0.363. The Bertz CT molecular complexity index is 701. The lowest BCUT2D eigenvalue weighted by Crippen LogP contribution is -2.43. The maximum Gasteiger partial charge on any atom is 0.320 e. The molecule has 0 radical (unpaired) electrons. The van der Waals surface area contributed by atoms with Gasteiger partial charge in [0.15, 0.2) is 5.82 Å². The van der Waals surface area contributed by atoms with Gasteiger partial charge in [-0.1, -0.05) is 29.4 Å². The highest BCUT2D eigenvalue weighted by molar-refractivity contribution is 5.88. The van der Waals surface area contributed by atoms with Crippen LogP contribution in [0.2, 0.25) is 0 Å². The lowest BCUT2D eigenvalue weighted by atomic mass is 10.00. The van der Waals surface area contributed by atoms with Crippen molar-refractivity contribution in [3.63, 3.8) is 0 Å². The van der Waals surface area contributed by atoms with Gasteiger partial charge in [-0.3, -0.25) is 10.2 Å². The quantitative estimate of drug-likeness (QED) is 0.773. The molecule has 0 saturated carbocycles. The summed E-state index contributed by atoms with van der Waals surface area (Å²) >= 11 is 0. The summed E-state index contributed by atoms with van der Waals surface area (Å²) in [6, 6.07) is 9.59. The third-order valence-corrected chi connectivity index (χ3v) is 4.05. The van der Waals surface area contributed by atoms with Gasteiger partial charge in [-0.15, -0.1) is 0 Å². The number of fused-ring (bicyclic) bond motifs is 1. The van der Waals surface area contributed by atoms with Crippen LogP contribution >= 0.6 is 0 Å². The predicted octanol–water partition coefficient (Wildman–Crippen LogP) is 1.52. The number of amides is 2. The Balaban J connectivity index is 1.41. The Morgan fingerprint density at radius 2 is 2.21 bits per heavy atom. The number of benzene rings is 1. The largest absolute Gasteiger partial charge is 0.390 e. The summed E-state index contributed by atoms with van der Waals surface area (Å²) in [6.45, 7) is 4.20. The highest BCUT2D eigenvalue weighted by Crippen LogP contribution is 2.18. The highest BCUT2D eigenvalue weighted by Gasteiger charge is 2.18. The molecule has 1 aliphatic rings. The molecule has 3 rings (SSSR count). The normalized spacial score (nSPS) is 15.6. The smallest absolute Gasteiger partial charge is 0.320 e. The average molecular weight is 330 g/mol. The van der Waals surface area contributed by atoms with E-state index in [0.717, 1.165) is 19.5 Å². The Morgan fingerprint density at radius 1 is 1.42 bits per heavy atom. The van der Waals surface area contributed by atoms with Gasteiger partial charge in [0.1, 0.15) is 5.76 Å². The molecule has 7 heteroatoms. The number of anilines is 1. The van der Waals surface area contributed by atoms with Gasteiger partial charge >= 0.3 is 6.03 Å². The fourth-order valence-electron chi connectivity index (χ4n) is 2.87. The van der Waals surface area contributed by atoms with Crippen molar-refractivity contribution >= 4 is 11.8 Å². The lowest BCUT2D eigenvalue weighted by molar-refractivity contribution is 0.106. The van der Waals surface area contributed by atoms with Crippen LogP contribution in [0.1, 0.15) is 16.9 Å². The Kier molecular flexibility index (Phi) is 5.12. The van der Waals surface area contributed by atoms with Gasteiger partial charge in [0.25, 0.3) is 0 Å². The molecule has 128 valence electrons. The molecule has 0 unspecified atom stereocenters. The third kappa shape index (κ3) is 4.33. The number of aliphatic hydroxyl groups excluding tert-OH is 1. The van der Waals surface area contributed by atoms with Crippen molar-refractivity contribution in [3.05, 3.63) is 47.2 Å². The molecular formula is C17H22N4O3. The number of hydrogen-bond acceptors (Lipinski definition) is 5. The van der Waals surface area contributed by atoms with E-state index >= 15 is 0 Å². The van der Waals surface area contributed by atoms with Crippen LogP contribution in [-0.4, -0.2) is 46.9 Å². The van der Waals surface area contributed by atoms with E-state index in [1.807, 2.05) is 6.07 Å². The first-order chi connectivity index (χ1) is 11.6. The van der Waals surface area contributed by atoms with Crippen LogP contribution in [0.15, 0.2) is 34.9 Å². The number of β-amino-alcohol motifs (C(OH)–C–C–N with tert-alkyl or cyclic N) is 1. The zero-order chi connectivity index (χ0) is 16.9. The zero-order valence-electron chi connectivity index (χ0n) is 13.7. The minimum absolute atomic E-state index is 0.181. The van der Waals surface area contributed by atoms with Gasteiger partial charge in [-0.25, -0.2) is 4.79 Å². The average Bonchev–Trinajstić information content (AvgIpc) is 2.98. The Morgan fingerprint density at radius 3 is 2.96 bits per heavy atom. The molecular weight excluding hydrogens is 308 g/mol. The summed E-state index contributed by atoms with van der Waals surface area (Å²) in [5.74, 6) is 0.975. The molecule has 0 fully saturated rings. The van der Waals surface area contributed by atoms with Gasteiger partial charge < -0.3 is 14.9 Å². The molecule has 1 aromatic heterocycles. The summed E-state index contributed by atoms with van der Waals surface area (Å²) in [4.78, 5) is 14.0. The molecule has 1 atom stereocenters. The van der Waals surface area contributed by atoms with E-state index in [2.05, 4.69) is 38.9 Å². The van der Waals surface area contributed by atoms with E-state index in [-0.39, 0.29) is 6.54 Å². The highest BCUT2D eigenvalue weighted by atomic mass is 16.5. The second kappa shape index (κ2) is 7.46. The zero-order valence-corrected chi connectivity index (χ0v) is 13.7. The van der Waals surface area contributed by atoms with Gasteiger partial charge in [0.2, 0.25) is 0 Å². The van der Waals surface area contributed by atoms with Crippen LogP contribution in [-0.2, 0) is 13.0 Å². The molecule has 24 heavy (non-hydrogen) atoms. The van der Waals surface area contributed by atoms with E-state index in [1.165, 1.54) is 11.1 Å². The molecule has 2 aromatic rings. The number of aryl methyl sites for hydroxylation is 1. The summed E-state index contributed by atoms with van der Waals surface area (Å²) < 4.78 is 4.87. The summed E-state index contributed by atoms with van der Waals surface area (Å²) in [7, 11) is 0. The van der Waals surface area contributed by atoms with Crippen LogP contribution in [0.3, 0.4) is 0 Å². The minimum atomic E-state index is -0.625. The van der Waals surface area contributed by atoms with Crippen LogP contribution in [0.4, 0.5) is 10.6 Å². The number of nitrogens with one attached hydrogen (secondary N) is 2. The molecule has 2 amide bonds. The maximum absolute atomic E-state index is 11.8. The lowest BCUT2D eigenvalue weighted by Gasteiger charge is -2.30. The SMILES string of the molecule is Cc1cc(NC(=O)NC[C@H](O)CN2CCc3ccccc3C2)no1. The number of carbonyl (C=O) groups excluding carboxylic acids is 1. The monoisotopic (exact) mass is 330 g/mol. The van der Waals surface area contributed by atoms with Crippen molar-refractivity contribution in [1.29, 1.82) is 0 Å². The molecule has 0 bridgehead atoms. The Hall–Kier alpha value is -2.38. The number of aliphatic hydroxyl groups is 1. The molecule has 0 aliphatic carbocycles. The van der Waals surface area contributed by atoms with Crippen LogP contribution < -0.4 is 10.6 Å². The molecule has 0 saturated heterocycles.